The number of nitrogens with two attached hydrogens (primary N) is 1. The van der Waals surface area contributed by atoms with Gasteiger partial charge in [0.2, 0.25) is 5.91 Å². The smallest absolute Gasteiger partial charge is 0.222 e. The van der Waals surface area contributed by atoms with Crippen molar-refractivity contribution in [1.82, 2.24) is 5.32 Å². The van der Waals surface area contributed by atoms with E-state index in [1.807, 2.05) is 0 Å². The fourth-order valence-electron chi connectivity index (χ4n) is 3.52. The van der Waals surface area contributed by atoms with Gasteiger partial charge in [0.1, 0.15) is 0 Å². The molecule has 0 spiro atoms. The zero-order valence-corrected chi connectivity index (χ0v) is 11.3. The van der Waals surface area contributed by atoms with Gasteiger partial charge in [-0.1, -0.05) is 19.3 Å². The minimum absolute atomic E-state index is 0.208. The van der Waals surface area contributed by atoms with Crippen molar-refractivity contribution in [3.05, 3.63) is 0 Å². The van der Waals surface area contributed by atoms with Crippen LogP contribution in [0.5, 0.6) is 0 Å². The van der Waals surface area contributed by atoms with Crippen LogP contribution in [0.15, 0.2) is 0 Å². The summed E-state index contributed by atoms with van der Waals surface area (Å²) in [4.78, 5) is 12.2. The van der Waals surface area contributed by atoms with E-state index < -0.39 is 0 Å². The van der Waals surface area contributed by atoms with Gasteiger partial charge in [0.05, 0.1) is 0 Å². The SMILES string of the molecule is NC1(CC(=O)NC(C2CC2)C2CC2)CCCCC1. The van der Waals surface area contributed by atoms with Gasteiger partial charge >= 0.3 is 0 Å². The lowest BCUT2D eigenvalue weighted by molar-refractivity contribution is -0.123. The Hall–Kier alpha value is -0.570. The Morgan fingerprint density at radius 1 is 1.11 bits per heavy atom. The van der Waals surface area contributed by atoms with Crippen molar-refractivity contribution in [2.24, 2.45) is 17.6 Å². The number of carbonyl (C=O) groups excluding carboxylic acids is 1. The van der Waals surface area contributed by atoms with Gasteiger partial charge in [-0.2, -0.15) is 0 Å². The molecule has 102 valence electrons. The molecular formula is C15H26N2O. The first-order valence-corrected chi connectivity index (χ1v) is 7.75. The standard InChI is InChI=1S/C15H26N2O/c16-15(8-2-1-3-9-15)10-13(18)17-14(11-4-5-11)12-6-7-12/h11-12,14H,1-10,16H2,(H,17,18). The molecule has 0 bridgehead atoms. The summed E-state index contributed by atoms with van der Waals surface area (Å²) in [7, 11) is 0. The van der Waals surface area contributed by atoms with E-state index in [0.29, 0.717) is 12.5 Å². The van der Waals surface area contributed by atoms with Crippen molar-refractivity contribution in [3.63, 3.8) is 0 Å². The van der Waals surface area contributed by atoms with Gasteiger partial charge in [0.25, 0.3) is 0 Å². The van der Waals surface area contributed by atoms with E-state index in [1.165, 1.54) is 44.9 Å². The lowest BCUT2D eigenvalue weighted by Crippen LogP contribution is -2.48. The molecule has 3 nitrogen and oxygen atoms in total. The van der Waals surface area contributed by atoms with E-state index in [2.05, 4.69) is 5.32 Å². The lowest BCUT2D eigenvalue weighted by Gasteiger charge is -2.33. The molecule has 3 saturated carbocycles. The molecule has 18 heavy (non-hydrogen) atoms. The monoisotopic (exact) mass is 250 g/mol. The summed E-state index contributed by atoms with van der Waals surface area (Å²) in [6, 6.07) is 0.477. The van der Waals surface area contributed by atoms with Gasteiger partial charge in [-0.15, -0.1) is 0 Å². The van der Waals surface area contributed by atoms with E-state index in [0.717, 1.165) is 24.7 Å². The second-order valence-electron chi connectivity index (χ2n) is 6.87. The predicted molar refractivity (Wildman–Crippen MR) is 72.0 cm³/mol. The van der Waals surface area contributed by atoms with Crippen molar-refractivity contribution in [3.8, 4) is 0 Å². The van der Waals surface area contributed by atoms with Crippen LogP contribution >= 0.6 is 0 Å². The third kappa shape index (κ3) is 3.05. The first-order chi connectivity index (χ1) is 8.66. The number of rotatable bonds is 5. The van der Waals surface area contributed by atoms with Crippen molar-refractivity contribution in [2.45, 2.75) is 75.8 Å². The average molecular weight is 250 g/mol. The molecule has 0 radical (unpaired) electrons. The molecule has 3 rings (SSSR count). The number of nitrogens with one attached hydrogen (secondary N) is 1. The molecule has 0 aromatic rings. The maximum absolute atomic E-state index is 12.2. The fourth-order valence-corrected chi connectivity index (χ4v) is 3.52. The third-order valence-corrected chi connectivity index (χ3v) is 4.95. The number of amides is 1. The summed E-state index contributed by atoms with van der Waals surface area (Å²) >= 11 is 0. The Labute approximate surface area is 110 Å². The Balaban J connectivity index is 1.50. The van der Waals surface area contributed by atoms with Gasteiger partial charge < -0.3 is 11.1 Å². The summed E-state index contributed by atoms with van der Waals surface area (Å²) in [5.74, 6) is 1.77. The van der Waals surface area contributed by atoms with Crippen LogP contribution < -0.4 is 11.1 Å². The third-order valence-electron chi connectivity index (χ3n) is 4.95. The summed E-state index contributed by atoms with van der Waals surface area (Å²) in [5, 5.41) is 3.29. The van der Waals surface area contributed by atoms with E-state index in [4.69, 9.17) is 5.73 Å². The Morgan fingerprint density at radius 2 is 1.67 bits per heavy atom. The van der Waals surface area contributed by atoms with Gasteiger partial charge in [-0.3, -0.25) is 4.79 Å². The second-order valence-corrected chi connectivity index (χ2v) is 6.87. The van der Waals surface area contributed by atoms with Crippen molar-refractivity contribution in [1.29, 1.82) is 0 Å². The quantitative estimate of drug-likeness (QED) is 0.787. The topological polar surface area (TPSA) is 55.1 Å². The highest BCUT2D eigenvalue weighted by Gasteiger charge is 2.42. The van der Waals surface area contributed by atoms with Crippen LogP contribution in [0.1, 0.15) is 64.2 Å². The maximum Gasteiger partial charge on any atom is 0.222 e. The van der Waals surface area contributed by atoms with Crippen LogP contribution in [0.25, 0.3) is 0 Å². The molecule has 0 unspecified atom stereocenters. The number of carbonyl (C=O) groups is 1. The highest BCUT2D eigenvalue weighted by atomic mass is 16.1. The maximum atomic E-state index is 12.2. The summed E-state index contributed by atoms with van der Waals surface area (Å²) < 4.78 is 0. The molecule has 1 amide bonds. The first kappa shape index (κ1) is 12.5. The van der Waals surface area contributed by atoms with Crippen LogP contribution in [-0.2, 0) is 4.79 Å². The molecule has 0 aromatic carbocycles. The Bertz CT molecular complexity index is 302. The van der Waals surface area contributed by atoms with Gasteiger partial charge in [-0.25, -0.2) is 0 Å². The van der Waals surface area contributed by atoms with Gasteiger partial charge in [0.15, 0.2) is 0 Å². The molecule has 3 fully saturated rings. The predicted octanol–water partition coefficient (Wildman–Crippen LogP) is 2.34. The average Bonchev–Trinajstić information content (AvgIpc) is 3.18. The van der Waals surface area contributed by atoms with Crippen LogP contribution in [0.2, 0.25) is 0 Å². The zero-order chi connectivity index (χ0) is 12.6. The molecule has 3 aliphatic rings. The van der Waals surface area contributed by atoms with Crippen molar-refractivity contribution < 1.29 is 4.79 Å². The molecular weight excluding hydrogens is 224 g/mol. The molecule has 0 heterocycles. The van der Waals surface area contributed by atoms with E-state index in [9.17, 15) is 4.79 Å². The Morgan fingerprint density at radius 3 is 2.17 bits per heavy atom. The van der Waals surface area contributed by atoms with Gasteiger partial charge in [0, 0.05) is 18.0 Å². The van der Waals surface area contributed by atoms with Crippen molar-refractivity contribution >= 4 is 5.91 Å². The second kappa shape index (κ2) is 4.84. The number of hydrogen-bond acceptors (Lipinski definition) is 2. The minimum Gasteiger partial charge on any atom is -0.353 e. The minimum atomic E-state index is -0.208. The van der Waals surface area contributed by atoms with Crippen molar-refractivity contribution in [2.75, 3.05) is 0 Å². The molecule has 0 aromatic heterocycles. The van der Waals surface area contributed by atoms with E-state index >= 15 is 0 Å². The summed E-state index contributed by atoms with van der Waals surface area (Å²) in [6.07, 6.45) is 11.5. The molecule has 3 aliphatic carbocycles. The van der Waals surface area contributed by atoms with Crippen LogP contribution in [0.4, 0.5) is 0 Å². The van der Waals surface area contributed by atoms with Crippen LogP contribution in [0, 0.1) is 11.8 Å². The van der Waals surface area contributed by atoms with E-state index in [-0.39, 0.29) is 11.4 Å². The molecule has 3 heteroatoms. The number of hydrogen-bond donors (Lipinski definition) is 2. The molecule has 0 saturated heterocycles. The highest BCUT2D eigenvalue weighted by molar-refractivity contribution is 5.77. The van der Waals surface area contributed by atoms with E-state index in [1.54, 1.807) is 0 Å². The summed E-state index contributed by atoms with van der Waals surface area (Å²) in [6.45, 7) is 0. The summed E-state index contributed by atoms with van der Waals surface area (Å²) in [5.41, 5.74) is 6.15. The molecule has 3 N–H and O–H groups in total. The Kier molecular flexibility index (Phi) is 3.35. The highest BCUT2D eigenvalue weighted by Crippen LogP contribution is 2.44. The molecule has 0 atom stereocenters. The lowest BCUT2D eigenvalue weighted by atomic mass is 9.80. The van der Waals surface area contributed by atoms with Gasteiger partial charge in [-0.05, 0) is 50.4 Å². The zero-order valence-electron chi connectivity index (χ0n) is 11.3. The van der Waals surface area contributed by atoms with Crippen LogP contribution in [0.3, 0.4) is 0 Å². The molecule has 0 aliphatic heterocycles. The largest absolute Gasteiger partial charge is 0.353 e. The van der Waals surface area contributed by atoms with Crippen LogP contribution in [-0.4, -0.2) is 17.5 Å². The fraction of sp³-hybridized carbons (Fsp3) is 0.933. The first-order valence-electron chi connectivity index (χ1n) is 7.75. The normalized spacial score (nSPS) is 27.2.